The number of rotatable bonds is 3. The van der Waals surface area contributed by atoms with E-state index in [0.29, 0.717) is 10.5 Å². The second-order valence-corrected chi connectivity index (χ2v) is 5.34. The molecule has 1 nitrogen and oxygen atoms in total. The SMILES string of the molecule is Cc1ccc([S@](=O)/C(F)=C/c2ccccc2)cc1. The van der Waals surface area contributed by atoms with E-state index in [-0.39, 0.29) is 0 Å². The number of halogens is 1. The molecule has 2 aromatic carbocycles. The van der Waals surface area contributed by atoms with Crippen LogP contribution in [0.3, 0.4) is 0 Å². The monoisotopic (exact) mass is 260 g/mol. The summed E-state index contributed by atoms with van der Waals surface area (Å²) in [5.41, 5.74) is 1.76. The number of hydrogen-bond donors (Lipinski definition) is 0. The molecule has 2 aromatic rings. The highest BCUT2D eigenvalue weighted by atomic mass is 32.2. The fourth-order valence-electron chi connectivity index (χ4n) is 1.51. The number of aryl methyl sites for hydroxylation is 1. The molecule has 0 aliphatic rings. The summed E-state index contributed by atoms with van der Waals surface area (Å²) in [5.74, 6) is 0. The molecule has 0 aromatic heterocycles. The van der Waals surface area contributed by atoms with Crippen LogP contribution in [0.2, 0.25) is 0 Å². The van der Waals surface area contributed by atoms with Crippen LogP contribution in [-0.2, 0) is 10.8 Å². The zero-order valence-corrected chi connectivity index (χ0v) is 10.8. The molecule has 0 aliphatic heterocycles. The Morgan fingerprint density at radius 1 is 1.06 bits per heavy atom. The van der Waals surface area contributed by atoms with Crippen molar-refractivity contribution in [3.05, 3.63) is 70.9 Å². The number of benzene rings is 2. The zero-order valence-electron chi connectivity index (χ0n) is 9.97. The Hall–Kier alpha value is -1.74. The van der Waals surface area contributed by atoms with Gasteiger partial charge in [0.15, 0.2) is 5.16 Å². The average molecular weight is 260 g/mol. The summed E-state index contributed by atoms with van der Waals surface area (Å²) >= 11 is 0. The van der Waals surface area contributed by atoms with Crippen LogP contribution in [0.25, 0.3) is 6.08 Å². The molecule has 0 fully saturated rings. The van der Waals surface area contributed by atoms with Crippen LogP contribution in [0.15, 0.2) is 64.7 Å². The van der Waals surface area contributed by atoms with E-state index in [0.717, 1.165) is 5.56 Å². The smallest absolute Gasteiger partial charge is 0.192 e. The minimum Gasteiger partial charge on any atom is -0.247 e. The highest BCUT2D eigenvalue weighted by Gasteiger charge is 2.09. The van der Waals surface area contributed by atoms with Crippen molar-refractivity contribution >= 4 is 16.9 Å². The molecule has 1 atom stereocenters. The highest BCUT2D eigenvalue weighted by molar-refractivity contribution is 7.89. The van der Waals surface area contributed by atoms with E-state index in [4.69, 9.17) is 0 Å². The molecule has 0 unspecified atom stereocenters. The summed E-state index contributed by atoms with van der Waals surface area (Å²) in [5, 5.41) is -0.634. The summed E-state index contributed by atoms with van der Waals surface area (Å²) in [4.78, 5) is 0.477. The lowest BCUT2D eigenvalue weighted by Crippen LogP contribution is -1.91. The Kier molecular flexibility index (Phi) is 4.05. The molecule has 0 saturated carbocycles. The lowest BCUT2D eigenvalue weighted by atomic mass is 10.2. The molecule has 0 heterocycles. The van der Waals surface area contributed by atoms with E-state index in [9.17, 15) is 8.60 Å². The van der Waals surface area contributed by atoms with Crippen molar-refractivity contribution in [2.75, 3.05) is 0 Å². The molecule has 0 bridgehead atoms. The standard InChI is InChI=1S/C15H13FOS/c1-12-7-9-14(10-8-12)18(17)15(16)11-13-5-3-2-4-6-13/h2-11H,1H3/b15-11+/t18-/m0/s1. The van der Waals surface area contributed by atoms with E-state index in [2.05, 4.69) is 0 Å². The van der Waals surface area contributed by atoms with Gasteiger partial charge in [-0.15, -0.1) is 0 Å². The predicted octanol–water partition coefficient (Wildman–Crippen LogP) is 4.07. The first kappa shape index (κ1) is 12.7. The molecule has 3 heteroatoms. The Bertz CT molecular complexity index is 573. The van der Waals surface area contributed by atoms with E-state index >= 15 is 0 Å². The van der Waals surface area contributed by atoms with Gasteiger partial charge >= 0.3 is 0 Å². The molecule has 92 valence electrons. The summed E-state index contributed by atoms with van der Waals surface area (Å²) in [6.07, 6.45) is 1.30. The lowest BCUT2D eigenvalue weighted by Gasteiger charge is -2.00. The average Bonchev–Trinajstić information content (AvgIpc) is 2.40. The number of hydrogen-bond acceptors (Lipinski definition) is 1. The van der Waals surface area contributed by atoms with Crippen LogP contribution >= 0.6 is 0 Å². The van der Waals surface area contributed by atoms with Crippen LogP contribution in [0.1, 0.15) is 11.1 Å². The van der Waals surface area contributed by atoms with Crippen molar-refractivity contribution in [1.82, 2.24) is 0 Å². The highest BCUT2D eigenvalue weighted by Crippen LogP contribution is 2.18. The van der Waals surface area contributed by atoms with E-state index in [1.807, 2.05) is 37.3 Å². The summed E-state index contributed by atoms with van der Waals surface area (Å²) in [6.45, 7) is 1.93. The Morgan fingerprint density at radius 2 is 1.67 bits per heavy atom. The van der Waals surface area contributed by atoms with Crippen molar-refractivity contribution in [2.24, 2.45) is 0 Å². The normalized spacial score (nSPS) is 13.3. The molecular weight excluding hydrogens is 247 g/mol. The maximum absolute atomic E-state index is 13.8. The van der Waals surface area contributed by atoms with E-state index in [1.54, 1.807) is 24.3 Å². The minimum atomic E-state index is -1.74. The van der Waals surface area contributed by atoms with E-state index < -0.39 is 16.0 Å². The van der Waals surface area contributed by atoms with Gasteiger partial charge in [-0.05, 0) is 30.7 Å². The second-order valence-electron chi connectivity index (χ2n) is 3.94. The van der Waals surface area contributed by atoms with Crippen LogP contribution in [0.5, 0.6) is 0 Å². The summed E-state index contributed by atoms with van der Waals surface area (Å²) in [7, 11) is -1.74. The van der Waals surface area contributed by atoms with Gasteiger partial charge in [-0.2, -0.15) is 4.39 Å². The Balaban J connectivity index is 2.24. The molecule has 0 aliphatic carbocycles. The largest absolute Gasteiger partial charge is 0.247 e. The van der Waals surface area contributed by atoms with Gasteiger partial charge < -0.3 is 0 Å². The van der Waals surface area contributed by atoms with Gasteiger partial charge in [0.05, 0.1) is 0 Å². The van der Waals surface area contributed by atoms with Gasteiger partial charge in [-0.1, -0.05) is 48.0 Å². The third kappa shape index (κ3) is 3.14. The third-order valence-electron chi connectivity index (χ3n) is 2.49. The molecule has 0 N–H and O–H groups in total. The summed E-state index contributed by atoms with van der Waals surface area (Å²) < 4.78 is 25.8. The van der Waals surface area contributed by atoms with Crippen LogP contribution in [-0.4, -0.2) is 4.21 Å². The zero-order chi connectivity index (χ0) is 13.0. The quantitative estimate of drug-likeness (QED) is 0.813. The van der Waals surface area contributed by atoms with Crippen molar-refractivity contribution in [2.45, 2.75) is 11.8 Å². The molecule has 0 amide bonds. The first-order valence-electron chi connectivity index (χ1n) is 5.57. The Labute approximate surface area is 108 Å². The molecular formula is C15H13FOS. The molecule has 2 rings (SSSR count). The predicted molar refractivity (Wildman–Crippen MR) is 73.1 cm³/mol. The Morgan fingerprint density at radius 3 is 2.28 bits per heavy atom. The van der Waals surface area contributed by atoms with Gasteiger partial charge in [0.25, 0.3) is 0 Å². The van der Waals surface area contributed by atoms with Crippen molar-refractivity contribution in [3.63, 3.8) is 0 Å². The topological polar surface area (TPSA) is 17.1 Å². The van der Waals surface area contributed by atoms with Gasteiger partial charge in [0.1, 0.15) is 10.8 Å². The molecule has 18 heavy (non-hydrogen) atoms. The molecule has 0 saturated heterocycles. The maximum atomic E-state index is 13.8. The lowest BCUT2D eigenvalue weighted by molar-refractivity contribution is 0.653. The van der Waals surface area contributed by atoms with Gasteiger partial charge in [0.2, 0.25) is 0 Å². The van der Waals surface area contributed by atoms with Crippen molar-refractivity contribution in [3.8, 4) is 0 Å². The fraction of sp³-hybridized carbons (Fsp3) is 0.0667. The third-order valence-corrected chi connectivity index (χ3v) is 3.66. The first-order valence-corrected chi connectivity index (χ1v) is 6.72. The first-order chi connectivity index (χ1) is 8.66. The van der Waals surface area contributed by atoms with Gasteiger partial charge in [-0.25, -0.2) is 4.21 Å². The maximum Gasteiger partial charge on any atom is 0.192 e. The molecule has 0 spiro atoms. The summed E-state index contributed by atoms with van der Waals surface area (Å²) in [6, 6.07) is 16.0. The van der Waals surface area contributed by atoms with Gasteiger partial charge in [0, 0.05) is 4.90 Å². The van der Waals surface area contributed by atoms with E-state index in [1.165, 1.54) is 6.08 Å². The van der Waals surface area contributed by atoms with Crippen molar-refractivity contribution in [1.29, 1.82) is 0 Å². The van der Waals surface area contributed by atoms with Gasteiger partial charge in [-0.3, -0.25) is 0 Å². The molecule has 0 radical (unpaired) electrons. The van der Waals surface area contributed by atoms with Crippen molar-refractivity contribution < 1.29 is 8.60 Å². The van der Waals surface area contributed by atoms with Crippen LogP contribution in [0, 0.1) is 6.92 Å². The second kappa shape index (κ2) is 5.74. The minimum absolute atomic E-state index is 0.477. The fourth-order valence-corrected chi connectivity index (χ4v) is 2.36. The van der Waals surface area contributed by atoms with Crippen LogP contribution < -0.4 is 0 Å². The van der Waals surface area contributed by atoms with Crippen LogP contribution in [0.4, 0.5) is 4.39 Å².